The van der Waals surface area contributed by atoms with E-state index in [4.69, 9.17) is 0 Å². The van der Waals surface area contributed by atoms with Crippen molar-refractivity contribution < 1.29 is 0 Å². The highest BCUT2D eigenvalue weighted by Crippen LogP contribution is 2.18. The van der Waals surface area contributed by atoms with Crippen molar-refractivity contribution in [3.8, 4) is 0 Å². The summed E-state index contributed by atoms with van der Waals surface area (Å²) >= 11 is 0. The van der Waals surface area contributed by atoms with Crippen molar-refractivity contribution in [2.45, 2.75) is 25.9 Å². The number of pyridine rings is 1. The second kappa shape index (κ2) is 7.06. The van der Waals surface area contributed by atoms with Gasteiger partial charge in [0.1, 0.15) is 0 Å². The molecule has 1 aromatic heterocycles. The molecular weight excluding hydrogens is 246 g/mol. The van der Waals surface area contributed by atoms with Crippen molar-refractivity contribution in [2.24, 2.45) is 0 Å². The molecule has 0 saturated carbocycles. The minimum atomic E-state index is 0.337. The lowest BCUT2D eigenvalue weighted by Gasteiger charge is -2.20. The molecule has 2 rings (SSSR count). The fourth-order valence-electron chi connectivity index (χ4n) is 2.34. The molecule has 0 bridgehead atoms. The predicted octanol–water partition coefficient (Wildman–Crippen LogP) is 3.39. The first kappa shape index (κ1) is 14.5. The third-order valence-electron chi connectivity index (χ3n) is 3.59. The molecule has 0 amide bonds. The van der Waals surface area contributed by atoms with E-state index in [-0.39, 0.29) is 0 Å². The van der Waals surface area contributed by atoms with E-state index in [1.807, 2.05) is 19.3 Å². The summed E-state index contributed by atoms with van der Waals surface area (Å²) < 4.78 is 0. The number of anilines is 1. The largest absolute Gasteiger partial charge is 0.369 e. The first-order valence-corrected chi connectivity index (χ1v) is 7.13. The number of aromatic nitrogens is 1. The van der Waals surface area contributed by atoms with Crippen LogP contribution in [0.2, 0.25) is 0 Å². The highest BCUT2D eigenvalue weighted by atomic mass is 15.1. The minimum Gasteiger partial charge on any atom is -0.369 e. The van der Waals surface area contributed by atoms with Gasteiger partial charge in [0.15, 0.2) is 0 Å². The number of benzene rings is 1. The van der Waals surface area contributed by atoms with Gasteiger partial charge in [-0.1, -0.05) is 37.3 Å². The van der Waals surface area contributed by atoms with Crippen LogP contribution in [0.15, 0.2) is 48.7 Å². The summed E-state index contributed by atoms with van der Waals surface area (Å²) in [6.45, 7) is 3.06. The number of nitrogens with zero attached hydrogens (tertiary/aromatic N) is 2. The molecule has 1 unspecified atom stereocenters. The van der Waals surface area contributed by atoms with Gasteiger partial charge in [-0.3, -0.25) is 4.98 Å². The summed E-state index contributed by atoms with van der Waals surface area (Å²) in [6.07, 6.45) is 3.00. The summed E-state index contributed by atoms with van der Waals surface area (Å²) in [5, 5.41) is 3.28. The van der Waals surface area contributed by atoms with Crippen LogP contribution in [0.25, 0.3) is 0 Å². The Kier molecular flexibility index (Phi) is 5.13. The Bertz CT molecular complexity index is 504. The number of nitrogens with one attached hydrogen (secondary N) is 1. The van der Waals surface area contributed by atoms with Gasteiger partial charge >= 0.3 is 0 Å². The quantitative estimate of drug-likeness (QED) is 0.871. The molecule has 1 atom stereocenters. The molecule has 0 radical (unpaired) electrons. The normalized spacial score (nSPS) is 12.2. The van der Waals surface area contributed by atoms with Crippen molar-refractivity contribution >= 4 is 5.69 Å². The van der Waals surface area contributed by atoms with E-state index in [0.29, 0.717) is 6.04 Å². The molecule has 2 aromatic rings. The maximum atomic E-state index is 4.58. The molecule has 0 fully saturated rings. The molecule has 0 aliphatic heterocycles. The summed E-state index contributed by atoms with van der Waals surface area (Å²) in [5.41, 5.74) is 3.55. The van der Waals surface area contributed by atoms with Gasteiger partial charge in [0.2, 0.25) is 0 Å². The zero-order chi connectivity index (χ0) is 14.4. The van der Waals surface area contributed by atoms with Gasteiger partial charge in [0.05, 0.1) is 17.6 Å². The van der Waals surface area contributed by atoms with Crippen LogP contribution >= 0.6 is 0 Å². The Hall–Kier alpha value is -1.87. The van der Waals surface area contributed by atoms with Crippen molar-refractivity contribution in [1.29, 1.82) is 0 Å². The fraction of sp³-hybridized carbons (Fsp3) is 0.353. The lowest BCUT2D eigenvalue weighted by Crippen LogP contribution is -2.19. The Morgan fingerprint density at radius 1 is 1.15 bits per heavy atom. The van der Waals surface area contributed by atoms with Crippen molar-refractivity contribution in [3.63, 3.8) is 0 Å². The highest BCUT2D eigenvalue weighted by Gasteiger charge is 2.09. The third-order valence-corrected chi connectivity index (χ3v) is 3.59. The maximum Gasteiger partial charge on any atom is 0.0574 e. The molecule has 0 aliphatic rings. The van der Waals surface area contributed by atoms with E-state index in [2.05, 4.69) is 65.6 Å². The average molecular weight is 269 g/mol. The van der Waals surface area contributed by atoms with E-state index < -0.39 is 0 Å². The van der Waals surface area contributed by atoms with E-state index in [1.165, 1.54) is 5.56 Å². The first-order chi connectivity index (χ1) is 9.74. The number of hydrogen-bond acceptors (Lipinski definition) is 3. The molecule has 1 heterocycles. The number of rotatable bonds is 6. The summed E-state index contributed by atoms with van der Waals surface area (Å²) in [5.74, 6) is 0. The van der Waals surface area contributed by atoms with E-state index in [0.717, 1.165) is 24.3 Å². The van der Waals surface area contributed by atoms with Crippen LogP contribution in [0, 0.1) is 0 Å². The molecule has 20 heavy (non-hydrogen) atoms. The summed E-state index contributed by atoms with van der Waals surface area (Å²) in [6, 6.07) is 15.1. The summed E-state index contributed by atoms with van der Waals surface area (Å²) in [7, 11) is 4.07. The van der Waals surface area contributed by atoms with E-state index in [9.17, 15) is 0 Å². The molecular formula is C17H23N3. The van der Waals surface area contributed by atoms with Crippen molar-refractivity contribution in [2.75, 3.05) is 19.0 Å². The van der Waals surface area contributed by atoms with Crippen LogP contribution in [0.4, 0.5) is 5.69 Å². The Morgan fingerprint density at radius 2 is 1.90 bits per heavy atom. The Balaban J connectivity index is 2.06. The molecule has 0 aliphatic carbocycles. The SMILES string of the molecule is CCC(NC)c1ccc(N(C)Cc2ccccc2)cn1. The minimum absolute atomic E-state index is 0.337. The highest BCUT2D eigenvalue weighted by molar-refractivity contribution is 5.44. The standard InChI is InChI=1S/C17H23N3/c1-4-16(18-2)17-11-10-15(12-19-17)20(3)13-14-8-6-5-7-9-14/h5-12,16,18H,4,13H2,1-3H3. The zero-order valence-corrected chi connectivity index (χ0v) is 12.5. The lowest BCUT2D eigenvalue weighted by atomic mass is 10.1. The van der Waals surface area contributed by atoms with Gasteiger partial charge in [-0.2, -0.15) is 0 Å². The molecule has 0 saturated heterocycles. The average Bonchev–Trinajstić information content (AvgIpc) is 2.50. The first-order valence-electron chi connectivity index (χ1n) is 7.13. The van der Waals surface area contributed by atoms with Crippen LogP contribution in [0.3, 0.4) is 0 Å². The smallest absolute Gasteiger partial charge is 0.0574 e. The van der Waals surface area contributed by atoms with Gasteiger partial charge in [0, 0.05) is 19.6 Å². The lowest BCUT2D eigenvalue weighted by molar-refractivity contribution is 0.561. The van der Waals surface area contributed by atoms with Crippen LogP contribution in [0.1, 0.15) is 30.6 Å². The monoisotopic (exact) mass is 269 g/mol. The Labute approximate surface area is 121 Å². The molecule has 3 nitrogen and oxygen atoms in total. The molecule has 1 N–H and O–H groups in total. The third kappa shape index (κ3) is 3.58. The van der Waals surface area contributed by atoms with Gasteiger partial charge in [-0.15, -0.1) is 0 Å². The molecule has 106 valence electrons. The maximum absolute atomic E-state index is 4.58. The van der Waals surface area contributed by atoms with Gasteiger partial charge in [-0.25, -0.2) is 0 Å². The van der Waals surface area contributed by atoms with Crippen LogP contribution in [-0.4, -0.2) is 19.1 Å². The van der Waals surface area contributed by atoms with E-state index >= 15 is 0 Å². The molecule has 0 spiro atoms. The predicted molar refractivity (Wildman–Crippen MR) is 84.9 cm³/mol. The van der Waals surface area contributed by atoms with E-state index in [1.54, 1.807) is 0 Å². The number of hydrogen-bond donors (Lipinski definition) is 1. The Morgan fingerprint density at radius 3 is 2.45 bits per heavy atom. The van der Waals surface area contributed by atoms with Gasteiger partial charge in [0.25, 0.3) is 0 Å². The second-order valence-corrected chi connectivity index (χ2v) is 5.03. The topological polar surface area (TPSA) is 28.2 Å². The van der Waals surface area contributed by atoms with Crippen LogP contribution < -0.4 is 10.2 Å². The van der Waals surface area contributed by atoms with Crippen molar-refractivity contribution in [1.82, 2.24) is 10.3 Å². The second-order valence-electron chi connectivity index (χ2n) is 5.03. The zero-order valence-electron chi connectivity index (χ0n) is 12.5. The summed E-state index contributed by atoms with van der Waals surface area (Å²) in [4.78, 5) is 6.79. The van der Waals surface area contributed by atoms with Crippen LogP contribution in [0.5, 0.6) is 0 Å². The van der Waals surface area contributed by atoms with Gasteiger partial charge < -0.3 is 10.2 Å². The van der Waals surface area contributed by atoms with Crippen LogP contribution in [-0.2, 0) is 6.54 Å². The molecule has 1 aromatic carbocycles. The van der Waals surface area contributed by atoms with Crippen molar-refractivity contribution in [3.05, 3.63) is 59.9 Å². The molecule has 3 heteroatoms. The fourth-order valence-corrected chi connectivity index (χ4v) is 2.34. The van der Waals surface area contributed by atoms with Gasteiger partial charge in [-0.05, 0) is 31.2 Å².